The number of aromatic nitrogens is 3. The van der Waals surface area contributed by atoms with Crippen molar-refractivity contribution >= 4 is 11.2 Å². The van der Waals surface area contributed by atoms with E-state index in [1.54, 1.807) is 0 Å². The Labute approximate surface area is 136 Å². The molecule has 4 rings (SSSR count). The van der Waals surface area contributed by atoms with E-state index >= 15 is 0 Å². The zero-order chi connectivity index (χ0) is 16.4. The number of aromatic amines is 1. The van der Waals surface area contributed by atoms with Gasteiger partial charge in [0.15, 0.2) is 5.82 Å². The molecule has 0 unspecified atom stereocenters. The first-order valence-electron chi connectivity index (χ1n) is 7.41. The summed E-state index contributed by atoms with van der Waals surface area (Å²) < 4.78 is 10.8. The number of H-pyrrole nitrogens is 1. The topological polar surface area (TPSA) is 81.0 Å². The second kappa shape index (κ2) is 6.00. The maximum atomic E-state index is 11.2. The molecule has 0 radical (unpaired) electrons. The predicted molar refractivity (Wildman–Crippen MR) is 88.6 cm³/mol. The highest BCUT2D eigenvalue weighted by atomic mass is 16.5. The third-order valence-electron chi connectivity index (χ3n) is 3.56. The van der Waals surface area contributed by atoms with Gasteiger partial charge < -0.3 is 9.15 Å². The molecule has 0 atom stereocenters. The van der Waals surface area contributed by atoms with Crippen LogP contribution < -0.4 is 10.5 Å². The van der Waals surface area contributed by atoms with Crippen molar-refractivity contribution in [2.45, 2.75) is 6.61 Å². The zero-order valence-corrected chi connectivity index (χ0v) is 12.6. The largest absolute Gasteiger partial charge is 0.485 e. The van der Waals surface area contributed by atoms with Gasteiger partial charge >= 0.3 is 5.76 Å². The quantitative estimate of drug-likeness (QED) is 0.625. The van der Waals surface area contributed by atoms with Gasteiger partial charge in [-0.3, -0.25) is 4.98 Å². The molecule has 24 heavy (non-hydrogen) atoms. The lowest BCUT2D eigenvalue weighted by molar-refractivity contribution is 0.297. The third-order valence-corrected chi connectivity index (χ3v) is 3.56. The van der Waals surface area contributed by atoms with Gasteiger partial charge in [0.1, 0.15) is 17.9 Å². The fourth-order valence-electron chi connectivity index (χ4n) is 2.45. The summed E-state index contributed by atoms with van der Waals surface area (Å²) in [5.41, 5.74) is 2.76. The number of nitrogens with zero attached hydrogens (tertiary/aromatic N) is 2. The minimum Gasteiger partial charge on any atom is -0.485 e. The summed E-state index contributed by atoms with van der Waals surface area (Å²) in [6.45, 7) is 0.175. The van der Waals surface area contributed by atoms with Crippen molar-refractivity contribution in [1.29, 1.82) is 0 Å². The van der Waals surface area contributed by atoms with E-state index in [1.807, 2.05) is 54.6 Å². The van der Waals surface area contributed by atoms with Crippen LogP contribution in [-0.2, 0) is 6.61 Å². The summed E-state index contributed by atoms with van der Waals surface area (Å²) in [5.74, 6) is 0.628. The number of nitrogens with one attached hydrogen (secondary N) is 1. The Hall–Kier alpha value is -3.41. The van der Waals surface area contributed by atoms with E-state index in [9.17, 15) is 4.79 Å². The molecule has 1 N–H and O–H groups in total. The van der Waals surface area contributed by atoms with Crippen molar-refractivity contribution in [3.05, 3.63) is 77.2 Å². The molecule has 0 bridgehead atoms. The Kier molecular flexibility index (Phi) is 3.55. The Morgan fingerprint density at radius 1 is 1.04 bits per heavy atom. The minimum atomic E-state index is -0.549. The number of oxazole rings is 1. The predicted octanol–water partition coefficient (Wildman–Crippen LogP) is 3.16. The average Bonchev–Trinajstić information content (AvgIpc) is 3.00. The van der Waals surface area contributed by atoms with E-state index in [1.165, 1.54) is 6.20 Å². The Morgan fingerprint density at radius 3 is 2.71 bits per heavy atom. The van der Waals surface area contributed by atoms with Crippen LogP contribution in [-0.4, -0.2) is 15.0 Å². The normalized spacial score (nSPS) is 10.8. The first-order valence-corrected chi connectivity index (χ1v) is 7.41. The number of hydrogen-bond acceptors (Lipinski definition) is 5. The average molecular weight is 319 g/mol. The molecule has 0 saturated heterocycles. The van der Waals surface area contributed by atoms with Crippen molar-refractivity contribution < 1.29 is 9.15 Å². The van der Waals surface area contributed by atoms with Crippen LogP contribution in [0.25, 0.3) is 22.4 Å². The van der Waals surface area contributed by atoms with Crippen LogP contribution in [0.5, 0.6) is 5.75 Å². The SMILES string of the molecule is O=c1[nH]c2cnc(COc3ccccc3-c3ccccc3)nc2o1. The second-order valence-electron chi connectivity index (χ2n) is 5.17. The monoisotopic (exact) mass is 319 g/mol. The van der Waals surface area contributed by atoms with E-state index in [0.29, 0.717) is 11.3 Å². The highest BCUT2D eigenvalue weighted by Crippen LogP contribution is 2.29. The van der Waals surface area contributed by atoms with Crippen molar-refractivity contribution in [3.63, 3.8) is 0 Å². The molecule has 0 fully saturated rings. The summed E-state index contributed by atoms with van der Waals surface area (Å²) in [5, 5.41) is 0. The van der Waals surface area contributed by atoms with Gasteiger partial charge in [0.05, 0.1) is 6.20 Å². The fraction of sp³-hybridized carbons (Fsp3) is 0.0556. The molecule has 4 aromatic rings. The van der Waals surface area contributed by atoms with Crippen LogP contribution in [0.2, 0.25) is 0 Å². The van der Waals surface area contributed by atoms with Crippen molar-refractivity contribution in [2.75, 3.05) is 0 Å². The highest BCUT2D eigenvalue weighted by molar-refractivity contribution is 5.70. The van der Waals surface area contributed by atoms with Crippen molar-refractivity contribution in [1.82, 2.24) is 15.0 Å². The van der Waals surface area contributed by atoms with Crippen LogP contribution >= 0.6 is 0 Å². The summed E-state index contributed by atoms with van der Waals surface area (Å²) in [7, 11) is 0. The lowest BCUT2D eigenvalue weighted by atomic mass is 10.1. The highest BCUT2D eigenvalue weighted by Gasteiger charge is 2.09. The summed E-state index contributed by atoms with van der Waals surface area (Å²) in [4.78, 5) is 22.0. The van der Waals surface area contributed by atoms with Crippen molar-refractivity contribution in [2.24, 2.45) is 0 Å². The lowest BCUT2D eigenvalue weighted by Gasteiger charge is -2.10. The van der Waals surface area contributed by atoms with Crippen LogP contribution in [0.3, 0.4) is 0 Å². The molecule has 2 aromatic carbocycles. The Morgan fingerprint density at radius 2 is 1.83 bits per heavy atom. The summed E-state index contributed by atoms with van der Waals surface area (Å²) in [6, 6.07) is 17.8. The number of para-hydroxylation sites is 1. The van der Waals surface area contributed by atoms with E-state index < -0.39 is 5.76 Å². The molecule has 2 aromatic heterocycles. The van der Waals surface area contributed by atoms with Gasteiger partial charge in [-0.15, -0.1) is 0 Å². The van der Waals surface area contributed by atoms with E-state index in [4.69, 9.17) is 9.15 Å². The number of benzene rings is 2. The molecular weight excluding hydrogens is 306 g/mol. The van der Waals surface area contributed by atoms with Gasteiger partial charge in [0.25, 0.3) is 5.71 Å². The maximum absolute atomic E-state index is 11.2. The maximum Gasteiger partial charge on any atom is 0.418 e. The van der Waals surface area contributed by atoms with Crippen LogP contribution in [0, 0.1) is 0 Å². The number of rotatable bonds is 4. The molecule has 0 aliphatic carbocycles. The minimum absolute atomic E-state index is 0.175. The number of fused-ring (bicyclic) bond motifs is 1. The zero-order valence-electron chi connectivity index (χ0n) is 12.6. The molecule has 118 valence electrons. The molecule has 2 heterocycles. The molecule has 0 aliphatic heterocycles. The molecular formula is C18H13N3O3. The molecule has 0 aliphatic rings. The smallest absolute Gasteiger partial charge is 0.418 e. The number of hydrogen-bond donors (Lipinski definition) is 1. The fourth-order valence-corrected chi connectivity index (χ4v) is 2.45. The lowest BCUT2D eigenvalue weighted by Crippen LogP contribution is -2.02. The third kappa shape index (κ3) is 2.77. The van der Waals surface area contributed by atoms with Crippen molar-refractivity contribution in [3.8, 4) is 16.9 Å². The van der Waals surface area contributed by atoms with Gasteiger partial charge in [-0.05, 0) is 11.6 Å². The van der Waals surface area contributed by atoms with Crippen LogP contribution in [0.15, 0.2) is 70.0 Å². The van der Waals surface area contributed by atoms with Crippen LogP contribution in [0.1, 0.15) is 5.82 Å². The number of ether oxygens (including phenoxy) is 1. The van der Waals surface area contributed by atoms with Gasteiger partial charge in [-0.2, -0.15) is 4.98 Å². The van der Waals surface area contributed by atoms with E-state index in [-0.39, 0.29) is 12.3 Å². The molecule has 0 saturated carbocycles. The summed E-state index contributed by atoms with van der Waals surface area (Å²) >= 11 is 0. The Balaban J connectivity index is 1.60. The van der Waals surface area contributed by atoms with Gasteiger partial charge in [0.2, 0.25) is 0 Å². The second-order valence-corrected chi connectivity index (χ2v) is 5.17. The molecule has 0 spiro atoms. The molecule has 6 heteroatoms. The molecule has 0 amide bonds. The summed E-state index contributed by atoms with van der Waals surface area (Å²) in [6.07, 6.45) is 1.51. The molecule has 6 nitrogen and oxygen atoms in total. The first kappa shape index (κ1) is 14.2. The van der Waals surface area contributed by atoms with Crippen LogP contribution in [0.4, 0.5) is 0 Å². The standard InChI is InChI=1S/C18H13N3O3/c22-18-20-14-10-19-16(21-17(14)24-18)11-23-15-9-5-4-8-13(15)12-6-2-1-3-7-12/h1-10H,11H2,(H,20,22). The van der Waals surface area contributed by atoms with Gasteiger partial charge in [-0.1, -0.05) is 48.5 Å². The van der Waals surface area contributed by atoms with E-state index in [0.717, 1.165) is 16.9 Å². The first-order chi connectivity index (χ1) is 11.8. The Bertz CT molecular complexity index is 1040. The van der Waals surface area contributed by atoms with Gasteiger partial charge in [-0.25, -0.2) is 9.78 Å². The van der Waals surface area contributed by atoms with Gasteiger partial charge in [0, 0.05) is 5.56 Å². The van der Waals surface area contributed by atoms with E-state index in [2.05, 4.69) is 15.0 Å².